The molecule has 0 amide bonds. The smallest absolute Gasteiger partial charge is 0.314 e. The molecule has 0 heterocycles. The highest BCUT2D eigenvalue weighted by Gasteiger charge is 2.20. The molecule has 0 saturated carbocycles. The third-order valence-electron chi connectivity index (χ3n) is 2.72. The number of rotatable bonds is 7. The number of hydrogen-bond acceptors (Lipinski definition) is 3. The Labute approximate surface area is 104 Å². The van der Waals surface area contributed by atoms with Gasteiger partial charge in [0.15, 0.2) is 0 Å². The second-order valence-corrected chi connectivity index (χ2v) is 4.53. The van der Waals surface area contributed by atoms with Crippen LogP contribution in [-0.4, -0.2) is 18.8 Å². The Hall–Kier alpha value is -1.38. The first-order valence-electron chi connectivity index (χ1n) is 5.85. The summed E-state index contributed by atoms with van der Waals surface area (Å²) >= 11 is 0. The molecule has 0 aliphatic carbocycles. The van der Waals surface area contributed by atoms with Crippen LogP contribution in [0.15, 0.2) is 24.3 Å². The van der Waals surface area contributed by atoms with Crippen LogP contribution in [0.3, 0.4) is 0 Å². The fourth-order valence-corrected chi connectivity index (χ4v) is 1.76. The summed E-state index contributed by atoms with van der Waals surface area (Å²) in [4.78, 5) is 11.3. The lowest BCUT2D eigenvalue weighted by atomic mass is 9.91. The predicted molar refractivity (Wildman–Crippen MR) is 71.3 cm³/mol. The van der Waals surface area contributed by atoms with Gasteiger partial charge in [-0.2, -0.15) is 0 Å². The second-order valence-electron chi connectivity index (χ2n) is 4.53. The van der Waals surface area contributed by atoms with Gasteiger partial charge in [0, 0.05) is 5.71 Å². The summed E-state index contributed by atoms with van der Waals surface area (Å²) in [5, 5.41) is 7.86. The van der Waals surface area contributed by atoms with E-state index in [0.29, 0.717) is 18.1 Å². The van der Waals surface area contributed by atoms with Crippen LogP contribution in [0.1, 0.15) is 33.6 Å². The molecule has 0 aromatic rings. The SMILES string of the molecule is C=CC=C(C)CC(C)CC(=N)C(C)C(=O)OC. The molecule has 0 saturated heterocycles. The van der Waals surface area contributed by atoms with Crippen molar-refractivity contribution >= 4 is 11.7 Å². The molecule has 0 radical (unpaired) electrons. The summed E-state index contributed by atoms with van der Waals surface area (Å²) in [5.74, 6) is -0.419. The molecule has 0 spiro atoms. The lowest BCUT2D eigenvalue weighted by Gasteiger charge is -2.15. The van der Waals surface area contributed by atoms with E-state index in [2.05, 4.69) is 18.2 Å². The predicted octanol–water partition coefficient (Wildman–Crippen LogP) is 3.36. The lowest BCUT2D eigenvalue weighted by molar-refractivity contribution is -0.142. The van der Waals surface area contributed by atoms with Crippen LogP contribution < -0.4 is 0 Å². The number of carbonyl (C=O) groups is 1. The van der Waals surface area contributed by atoms with Crippen molar-refractivity contribution in [2.24, 2.45) is 11.8 Å². The highest BCUT2D eigenvalue weighted by molar-refractivity contribution is 6.00. The summed E-state index contributed by atoms with van der Waals surface area (Å²) in [5.41, 5.74) is 1.68. The minimum absolute atomic E-state index is 0.333. The van der Waals surface area contributed by atoms with Gasteiger partial charge in [0.2, 0.25) is 0 Å². The number of hydrogen-bond donors (Lipinski definition) is 1. The van der Waals surface area contributed by atoms with Crippen molar-refractivity contribution in [3.05, 3.63) is 24.3 Å². The van der Waals surface area contributed by atoms with E-state index in [9.17, 15) is 4.79 Å². The number of carbonyl (C=O) groups excluding carboxylic acids is 1. The van der Waals surface area contributed by atoms with E-state index in [1.807, 2.05) is 13.0 Å². The van der Waals surface area contributed by atoms with E-state index in [4.69, 9.17) is 5.41 Å². The molecule has 0 aliphatic rings. The van der Waals surface area contributed by atoms with Crippen LogP contribution in [0.4, 0.5) is 0 Å². The van der Waals surface area contributed by atoms with Crippen LogP contribution in [0, 0.1) is 17.2 Å². The first-order chi connectivity index (χ1) is 7.92. The Kier molecular flexibility index (Phi) is 7.19. The Morgan fingerprint density at radius 1 is 1.41 bits per heavy atom. The highest BCUT2D eigenvalue weighted by Crippen LogP contribution is 2.17. The van der Waals surface area contributed by atoms with Gasteiger partial charge in [-0.3, -0.25) is 4.79 Å². The molecule has 0 rings (SSSR count). The summed E-state index contributed by atoms with van der Waals surface area (Å²) in [6.45, 7) is 9.50. The van der Waals surface area contributed by atoms with Gasteiger partial charge in [-0.1, -0.05) is 31.2 Å². The molecule has 0 bridgehead atoms. The van der Waals surface area contributed by atoms with Crippen LogP contribution >= 0.6 is 0 Å². The molecule has 1 N–H and O–H groups in total. The zero-order chi connectivity index (χ0) is 13.4. The third-order valence-corrected chi connectivity index (χ3v) is 2.72. The van der Waals surface area contributed by atoms with Gasteiger partial charge in [-0.15, -0.1) is 0 Å². The summed E-state index contributed by atoms with van der Waals surface area (Å²) in [6.07, 6.45) is 5.29. The average Bonchev–Trinajstić information content (AvgIpc) is 2.26. The molecule has 0 aliphatic heterocycles. The number of allylic oxidation sites excluding steroid dienone is 3. The third kappa shape index (κ3) is 6.05. The van der Waals surface area contributed by atoms with Crippen molar-refractivity contribution in [2.45, 2.75) is 33.6 Å². The molecular weight excluding hydrogens is 214 g/mol. The number of nitrogens with one attached hydrogen (secondary N) is 1. The van der Waals surface area contributed by atoms with Gasteiger partial charge in [-0.05, 0) is 32.6 Å². The Morgan fingerprint density at radius 3 is 2.47 bits per heavy atom. The van der Waals surface area contributed by atoms with E-state index in [1.54, 1.807) is 13.0 Å². The van der Waals surface area contributed by atoms with Gasteiger partial charge in [-0.25, -0.2) is 0 Å². The van der Waals surface area contributed by atoms with Crippen molar-refractivity contribution in [3.8, 4) is 0 Å². The second kappa shape index (κ2) is 7.82. The molecule has 2 atom stereocenters. The molecule has 0 aromatic heterocycles. The quantitative estimate of drug-likeness (QED) is 0.419. The van der Waals surface area contributed by atoms with Crippen molar-refractivity contribution in [1.82, 2.24) is 0 Å². The van der Waals surface area contributed by atoms with Gasteiger partial charge < -0.3 is 10.1 Å². The Balaban J connectivity index is 4.25. The Morgan fingerprint density at radius 2 is 2.00 bits per heavy atom. The van der Waals surface area contributed by atoms with Crippen molar-refractivity contribution < 1.29 is 9.53 Å². The monoisotopic (exact) mass is 237 g/mol. The summed E-state index contributed by atoms with van der Waals surface area (Å²) in [6, 6.07) is 0. The largest absolute Gasteiger partial charge is 0.469 e. The standard InChI is InChI=1S/C14H23NO2/c1-6-7-10(2)8-11(3)9-13(15)12(4)14(16)17-5/h6-7,11-12,15H,1,8-9H2,2-5H3. The van der Waals surface area contributed by atoms with Crippen LogP contribution in [0.5, 0.6) is 0 Å². The molecule has 0 fully saturated rings. The zero-order valence-electron chi connectivity index (χ0n) is 11.2. The molecule has 0 aromatic carbocycles. The van der Waals surface area contributed by atoms with Crippen molar-refractivity contribution in [2.75, 3.05) is 7.11 Å². The number of methoxy groups -OCH3 is 1. The van der Waals surface area contributed by atoms with Gasteiger partial charge >= 0.3 is 5.97 Å². The van der Waals surface area contributed by atoms with E-state index >= 15 is 0 Å². The van der Waals surface area contributed by atoms with E-state index < -0.39 is 5.92 Å². The maximum absolute atomic E-state index is 11.3. The van der Waals surface area contributed by atoms with Gasteiger partial charge in [0.05, 0.1) is 13.0 Å². The minimum atomic E-state index is -0.439. The van der Waals surface area contributed by atoms with Crippen molar-refractivity contribution in [1.29, 1.82) is 5.41 Å². The zero-order valence-corrected chi connectivity index (χ0v) is 11.2. The van der Waals surface area contributed by atoms with E-state index in [1.165, 1.54) is 12.7 Å². The molecule has 2 unspecified atom stereocenters. The van der Waals surface area contributed by atoms with Gasteiger partial charge in [0.25, 0.3) is 0 Å². The topological polar surface area (TPSA) is 50.2 Å². The summed E-state index contributed by atoms with van der Waals surface area (Å²) < 4.78 is 4.63. The molecule has 3 nitrogen and oxygen atoms in total. The van der Waals surface area contributed by atoms with Crippen LogP contribution in [-0.2, 0) is 9.53 Å². The number of ether oxygens (including phenoxy) is 1. The minimum Gasteiger partial charge on any atom is -0.469 e. The maximum atomic E-state index is 11.3. The Bertz CT molecular complexity index is 318. The molecule has 17 heavy (non-hydrogen) atoms. The normalized spacial score (nSPS) is 14.9. The fourth-order valence-electron chi connectivity index (χ4n) is 1.76. The fraction of sp³-hybridized carbons (Fsp3) is 0.571. The lowest BCUT2D eigenvalue weighted by Crippen LogP contribution is -2.23. The number of esters is 1. The maximum Gasteiger partial charge on any atom is 0.314 e. The summed E-state index contributed by atoms with van der Waals surface area (Å²) in [7, 11) is 1.35. The van der Waals surface area contributed by atoms with Crippen LogP contribution in [0.25, 0.3) is 0 Å². The molecular formula is C14H23NO2. The highest BCUT2D eigenvalue weighted by atomic mass is 16.5. The van der Waals surface area contributed by atoms with Crippen LogP contribution in [0.2, 0.25) is 0 Å². The van der Waals surface area contributed by atoms with E-state index in [0.717, 1.165) is 6.42 Å². The van der Waals surface area contributed by atoms with Crippen molar-refractivity contribution in [3.63, 3.8) is 0 Å². The first kappa shape index (κ1) is 15.6. The first-order valence-corrected chi connectivity index (χ1v) is 5.85. The molecule has 96 valence electrons. The average molecular weight is 237 g/mol. The van der Waals surface area contributed by atoms with Gasteiger partial charge in [0.1, 0.15) is 0 Å². The molecule has 3 heteroatoms. The van der Waals surface area contributed by atoms with E-state index in [-0.39, 0.29) is 5.97 Å².